The Morgan fingerprint density at radius 3 is 2.35 bits per heavy atom. The summed E-state index contributed by atoms with van der Waals surface area (Å²) in [7, 11) is 0. The summed E-state index contributed by atoms with van der Waals surface area (Å²) in [6.45, 7) is 6.17. The number of hydrogen-bond acceptors (Lipinski definition) is 6. The number of ether oxygens (including phenoxy) is 1. The molecule has 1 aliphatic rings. The van der Waals surface area contributed by atoms with Crippen molar-refractivity contribution in [2.24, 2.45) is 0 Å². The Bertz CT molecular complexity index is 984. The van der Waals surface area contributed by atoms with Gasteiger partial charge in [-0.25, -0.2) is 0 Å². The lowest BCUT2D eigenvalue weighted by Gasteiger charge is -2.22. The molecule has 31 heavy (non-hydrogen) atoms. The van der Waals surface area contributed by atoms with E-state index in [0.717, 1.165) is 30.0 Å². The van der Waals surface area contributed by atoms with Crippen molar-refractivity contribution in [3.8, 4) is 5.75 Å². The summed E-state index contributed by atoms with van der Waals surface area (Å²) in [4.78, 5) is 27.9. The molecule has 0 unspecified atom stereocenters. The van der Waals surface area contributed by atoms with Gasteiger partial charge in [0.2, 0.25) is 0 Å². The number of nitrogens with zero attached hydrogens (tertiary/aromatic N) is 2. The van der Waals surface area contributed by atoms with E-state index in [2.05, 4.69) is 18.7 Å². The molecule has 0 spiro atoms. The maximum atomic E-state index is 13.0. The van der Waals surface area contributed by atoms with E-state index in [4.69, 9.17) is 22.1 Å². The predicted molar refractivity (Wildman–Crippen MR) is 130 cm³/mol. The van der Waals surface area contributed by atoms with Crippen molar-refractivity contribution in [2.75, 3.05) is 29.5 Å². The molecule has 2 aromatic rings. The first kappa shape index (κ1) is 22.8. The summed E-state index contributed by atoms with van der Waals surface area (Å²) in [5.41, 5.74) is 2.70. The van der Waals surface area contributed by atoms with Crippen molar-refractivity contribution in [3.63, 3.8) is 0 Å². The van der Waals surface area contributed by atoms with Crippen molar-refractivity contribution < 1.29 is 19.4 Å². The van der Waals surface area contributed by atoms with Crippen molar-refractivity contribution in [1.29, 1.82) is 0 Å². The van der Waals surface area contributed by atoms with Gasteiger partial charge in [-0.15, -0.1) is 0 Å². The number of carbonyl (C=O) groups is 2. The van der Waals surface area contributed by atoms with E-state index in [0.29, 0.717) is 15.0 Å². The number of carboxylic acids is 1. The summed E-state index contributed by atoms with van der Waals surface area (Å²) in [5.74, 6) is -0.465. The van der Waals surface area contributed by atoms with Crippen molar-refractivity contribution in [2.45, 2.75) is 20.3 Å². The van der Waals surface area contributed by atoms with Crippen LogP contribution in [0.4, 0.5) is 11.4 Å². The van der Waals surface area contributed by atoms with Gasteiger partial charge in [-0.3, -0.25) is 14.5 Å². The molecule has 3 rings (SSSR count). The lowest BCUT2D eigenvalue weighted by molar-refractivity contribution is -0.137. The highest BCUT2D eigenvalue weighted by atomic mass is 32.2. The van der Waals surface area contributed by atoms with E-state index in [1.54, 1.807) is 23.1 Å². The van der Waals surface area contributed by atoms with E-state index >= 15 is 0 Å². The maximum Gasteiger partial charge on any atom is 0.306 e. The fourth-order valence-corrected chi connectivity index (χ4v) is 4.46. The summed E-state index contributed by atoms with van der Waals surface area (Å²) in [6.07, 6.45) is 1.74. The molecule has 0 aromatic heterocycles. The Morgan fingerprint density at radius 1 is 1.13 bits per heavy atom. The topological polar surface area (TPSA) is 70.1 Å². The number of benzene rings is 2. The molecule has 162 valence electrons. The summed E-state index contributed by atoms with van der Waals surface area (Å²) in [6, 6.07) is 15.0. The highest BCUT2D eigenvalue weighted by molar-refractivity contribution is 8.27. The minimum Gasteiger partial charge on any atom is -0.493 e. The molecule has 1 N–H and O–H groups in total. The lowest BCUT2D eigenvalue weighted by Crippen LogP contribution is -2.27. The average molecular weight is 457 g/mol. The van der Waals surface area contributed by atoms with Crippen LogP contribution in [0.15, 0.2) is 53.4 Å². The molecule has 6 nitrogen and oxygen atoms in total. The minimum absolute atomic E-state index is 0.0554. The van der Waals surface area contributed by atoms with Crippen LogP contribution in [0.1, 0.15) is 25.8 Å². The molecule has 2 aromatic carbocycles. The summed E-state index contributed by atoms with van der Waals surface area (Å²) < 4.78 is 5.89. The Labute approximate surface area is 191 Å². The van der Waals surface area contributed by atoms with Crippen LogP contribution in [0, 0.1) is 0 Å². The number of thiocarbonyl (C=S) groups is 1. The van der Waals surface area contributed by atoms with Crippen LogP contribution in [-0.2, 0) is 9.59 Å². The van der Waals surface area contributed by atoms with Gasteiger partial charge in [0.05, 0.1) is 23.6 Å². The number of carboxylic acid groups (broad SMARTS) is 1. The first-order valence-corrected chi connectivity index (χ1v) is 11.2. The number of aliphatic carboxylic acids is 1. The third-order valence-electron chi connectivity index (χ3n) is 4.79. The molecule has 1 saturated heterocycles. The molecule has 0 radical (unpaired) electrons. The number of anilines is 2. The second-order valence-electron chi connectivity index (χ2n) is 6.77. The maximum absolute atomic E-state index is 13.0. The van der Waals surface area contributed by atoms with E-state index in [1.165, 1.54) is 11.8 Å². The summed E-state index contributed by atoms with van der Waals surface area (Å²) in [5, 5.41) is 8.67. The molecule has 1 aliphatic heterocycles. The number of thioether (sulfide) groups is 1. The van der Waals surface area contributed by atoms with Crippen LogP contribution in [0.5, 0.6) is 5.75 Å². The summed E-state index contributed by atoms with van der Waals surface area (Å²) >= 11 is 6.74. The van der Waals surface area contributed by atoms with Crippen LogP contribution in [0.3, 0.4) is 0 Å². The van der Waals surface area contributed by atoms with Crippen LogP contribution < -0.4 is 14.5 Å². The molecule has 0 bridgehead atoms. The molecule has 0 atom stereocenters. The second-order valence-corrected chi connectivity index (χ2v) is 8.44. The molecule has 1 heterocycles. The van der Waals surface area contributed by atoms with Gasteiger partial charge in [0.1, 0.15) is 5.75 Å². The third kappa shape index (κ3) is 5.65. The molecule has 1 amide bonds. The van der Waals surface area contributed by atoms with Gasteiger partial charge in [0.25, 0.3) is 5.91 Å². The lowest BCUT2D eigenvalue weighted by atomic mass is 10.2. The van der Waals surface area contributed by atoms with Gasteiger partial charge in [-0.1, -0.05) is 36.1 Å². The Hall–Kier alpha value is -2.84. The van der Waals surface area contributed by atoms with Gasteiger partial charge in [-0.05, 0) is 61.9 Å². The normalized spacial score (nSPS) is 14.9. The van der Waals surface area contributed by atoms with Crippen LogP contribution >= 0.6 is 24.0 Å². The largest absolute Gasteiger partial charge is 0.493 e. The monoisotopic (exact) mass is 456 g/mol. The van der Waals surface area contributed by atoms with Crippen molar-refractivity contribution in [3.05, 3.63) is 59.0 Å². The smallest absolute Gasteiger partial charge is 0.306 e. The fourth-order valence-electron chi connectivity index (χ4n) is 3.16. The second kappa shape index (κ2) is 10.5. The van der Waals surface area contributed by atoms with Gasteiger partial charge >= 0.3 is 5.97 Å². The first-order valence-electron chi connectivity index (χ1n) is 10.0. The van der Waals surface area contributed by atoms with Gasteiger partial charge in [0, 0.05) is 18.8 Å². The molecule has 1 fully saturated rings. The van der Waals surface area contributed by atoms with Crippen LogP contribution in [-0.4, -0.2) is 41.0 Å². The number of hydrogen-bond donors (Lipinski definition) is 1. The molecular weight excluding hydrogens is 432 g/mol. The SMILES string of the molecule is CCN(CC)c1ccc(N2C(=O)/C(=C\c3ccc(OCCC(=O)O)cc3)SC2=S)cc1. The van der Waals surface area contributed by atoms with E-state index in [-0.39, 0.29) is 18.9 Å². The highest BCUT2D eigenvalue weighted by Crippen LogP contribution is 2.36. The number of rotatable bonds is 9. The molecular formula is C23H24N2O4S2. The quantitative estimate of drug-likeness (QED) is 0.430. The third-order valence-corrected chi connectivity index (χ3v) is 6.09. The Kier molecular flexibility index (Phi) is 7.70. The fraction of sp³-hybridized carbons (Fsp3) is 0.261. The van der Waals surface area contributed by atoms with E-state index in [1.807, 2.05) is 36.4 Å². The predicted octanol–water partition coefficient (Wildman–Crippen LogP) is 4.79. The van der Waals surface area contributed by atoms with E-state index < -0.39 is 5.97 Å². The Morgan fingerprint density at radius 2 is 1.77 bits per heavy atom. The minimum atomic E-state index is -0.902. The van der Waals surface area contributed by atoms with Gasteiger partial charge in [0.15, 0.2) is 4.32 Å². The van der Waals surface area contributed by atoms with Gasteiger partial charge in [-0.2, -0.15) is 0 Å². The number of amides is 1. The zero-order valence-electron chi connectivity index (χ0n) is 17.4. The van der Waals surface area contributed by atoms with Crippen molar-refractivity contribution in [1.82, 2.24) is 0 Å². The van der Waals surface area contributed by atoms with Crippen LogP contribution in [0.25, 0.3) is 6.08 Å². The van der Waals surface area contributed by atoms with Gasteiger partial charge < -0.3 is 14.7 Å². The Balaban J connectivity index is 1.71. The highest BCUT2D eigenvalue weighted by Gasteiger charge is 2.33. The zero-order chi connectivity index (χ0) is 22.4. The number of carbonyl (C=O) groups excluding carboxylic acids is 1. The van der Waals surface area contributed by atoms with Crippen molar-refractivity contribution >= 4 is 57.6 Å². The molecule has 0 saturated carbocycles. The average Bonchev–Trinajstić information content (AvgIpc) is 3.03. The van der Waals surface area contributed by atoms with E-state index in [9.17, 15) is 9.59 Å². The van der Waals surface area contributed by atoms with Crippen LogP contribution in [0.2, 0.25) is 0 Å². The first-order chi connectivity index (χ1) is 14.9. The molecule has 8 heteroatoms. The zero-order valence-corrected chi connectivity index (χ0v) is 19.0. The molecule has 0 aliphatic carbocycles. The standard InChI is InChI=1S/C23H24N2O4S2/c1-3-24(4-2)17-7-9-18(10-8-17)25-22(28)20(31-23(25)30)15-16-5-11-19(12-6-16)29-14-13-21(26)27/h5-12,15H,3-4,13-14H2,1-2H3,(H,26,27)/b20-15+.